The van der Waals surface area contributed by atoms with Gasteiger partial charge in [0.25, 0.3) is 0 Å². The summed E-state index contributed by atoms with van der Waals surface area (Å²) >= 11 is 0. The van der Waals surface area contributed by atoms with Crippen molar-refractivity contribution < 1.29 is 9.13 Å². The van der Waals surface area contributed by atoms with Gasteiger partial charge in [-0.3, -0.25) is 0 Å². The first kappa shape index (κ1) is 15.3. The van der Waals surface area contributed by atoms with Gasteiger partial charge in [0.2, 0.25) is 0 Å². The van der Waals surface area contributed by atoms with Crippen molar-refractivity contribution in [3.8, 4) is 5.75 Å². The molecule has 0 saturated heterocycles. The Labute approximate surface area is 121 Å². The quantitative estimate of drug-likeness (QED) is 0.839. The lowest BCUT2D eigenvalue weighted by atomic mass is 9.97. The Hall–Kier alpha value is -1.09. The van der Waals surface area contributed by atoms with E-state index in [9.17, 15) is 4.39 Å². The van der Waals surface area contributed by atoms with E-state index in [0.717, 1.165) is 24.9 Å². The van der Waals surface area contributed by atoms with Crippen molar-refractivity contribution in [1.82, 2.24) is 5.32 Å². The molecule has 2 nitrogen and oxygen atoms in total. The molecule has 0 aliphatic heterocycles. The monoisotopic (exact) mass is 279 g/mol. The second-order valence-corrected chi connectivity index (χ2v) is 6.13. The molecule has 1 aliphatic rings. The lowest BCUT2D eigenvalue weighted by molar-refractivity contribution is 0.147. The van der Waals surface area contributed by atoms with E-state index in [0.29, 0.717) is 18.2 Å². The van der Waals surface area contributed by atoms with Crippen LogP contribution in [0.2, 0.25) is 0 Å². The molecule has 1 fully saturated rings. The molecule has 0 unspecified atom stereocenters. The summed E-state index contributed by atoms with van der Waals surface area (Å²) in [6.07, 6.45) is 5.95. The summed E-state index contributed by atoms with van der Waals surface area (Å²) in [6.45, 7) is 5.92. The molecule has 20 heavy (non-hydrogen) atoms. The summed E-state index contributed by atoms with van der Waals surface area (Å²) in [6, 6.07) is 5.20. The topological polar surface area (TPSA) is 21.3 Å². The number of para-hydroxylation sites is 1. The molecule has 1 N–H and O–H groups in total. The summed E-state index contributed by atoms with van der Waals surface area (Å²) in [5.41, 5.74) is 0.927. The van der Waals surface area contributed by atoms with Gasteiger partial charge >= 0.3 is 0 Å². The Kier molecular flexibility index (Phi) is 5.84. The van der Waals surface area contributed by atoms with Crippen LogP contribution in [0.1, 0.15) is 51.5 Å². The Morgan fingerprint density at radius 2 is 2.00 bits per heavy atom. The number of hydrogen-bond donors (Lipinski definition) is 1. The van der Waals surface area contributed by atoms with Gasteiger partial charge in [0.15, 0.2) is 11.6 Å². The molecular formula is C17H26FNO. The highest BCUT2D eigenvalue weighted by molar-refractivity contribution is 5.35. The van der Waals surface area contributed by atoms with Crippen LogP contribution in [0.15, 0.2) is 18.2 Å². The van der Waals surface area contributed by atoms with Crippen molar-refractivity contribution in [2.24, 2.45) is 5.92 Å². The highest BCUT2D eigenvalue weighted by atomic mass is 19.1. The number of hydrogen-bond acceptors (Lipinski definition) is 2. The van der Waals surface area contributed by atoms with Crippen LogP contribution < -0.4 is 10.1 Å². The van der Waals surface area contributed by atoms with Crippen LogP contribution in [0, 0.1) is 11.7 Å². The lowest BCUT2D eigenvalue weighted by Crippen LogP contribution is -2.23. The van der Waals surface area contributed by atoms with Gasteiger partial charge in [-0.15, -0.1) is 0 Å². The van der Waals surface area contributed by atoms with Crippen molar-refractivity contribution in [3.05, 3.63) is 29.6 Å². The standard InChI is InChI=1S/C17H26FNO/c1-13(2)11-19-12-14-7-6-10-16(18)17(14)20-15-8-4-3-5-9-15/h6-7,10,13,15,19H,3-5,8-9,11-12H2,1-2H3. The minimum atomic E-state index is -0.237. The van der Waals surface area contributed by atoms with E-state index in [-0.39, 0.29) is 11.9 Å². The third-order valence-corrected chi connectivity index (χ3v) is 3.75. The number of ether oxygens (including phenoxy) is 1. The fourth-order valence-electron chi connectivity index (χ4n) is 2.67. The van der Waals surface area contributed by atoms with Crippen LogP contribution >= 0.6 is 0 Å². The molecule has 3 heteroatoms. The molecule has 0 bridgehead atoms. The van der Waals surface area contributed by atoms with Gasteiger partial charge in [-0.2, -0.15) is 0 Å². The van der Waals surface area contributed by atoms with Gasteiger partial charge in [-0.05, 0) is 44.2 Å². The maximum Gasteiger partial charge on any atom is 0.165 e. The molecule has 0 heterocycles. The minimum Gasteiger partial charge on any atom is -0.487 e. The van der Waals surface area contributed by atoms with Crippen LogP contribution in [0.3, 0.4) is 0 Å². The maximum atomic E-state index is 14.0. The van der Waals surface area contributed by atoms with E-state index in [1.54, 1.807) is 6.07 Å². The maximum absolute atomic E-state index is 14.0. The minimum absolute atomic E-state index is 0.185. The molecule has 1 aliphatic carbocycles. The van der Waals surface area contributed by atoms with Gasteiger partial charge < -0.3 is 10.1 Å². The predicted molar refractivity (Wildman–Crippen MR) is 80.4 cm³/mol. The summed E-state index contributed by atoms with van der Waals surface area (Å²) in [5, 5.41) is 3.36. The second kappa shape index (κ2) is 7.63. The molecule has 0 spiro atoms. The van der Waals surface area contributed by atoms with E-state index in [4.69, 9.17) is 4.74 Å². The summed E-state index contributed by atoms with van der Waals surface area (Å²) in [5.74, 6) is 0.807. The number of rotatable bonds is 6. The van der Waals surface area contributed by atoms with E-state index in [1.165, 1.54) is 25.3 Å². The van der Waals surface area contributed by atoms with Crippen LogP contribution in [0.4, 0.5) is 4.39 Å². The molecule has 1 aromatic carbocycles. The van der Waals surface area contributed by atoms with E-state index in [1.807, 2.05) is 6.07 Å². The van der Waals surface area contributed by atoms with Crippen LogP contribution in [0.25, 0.3) is 0 Å². The van der Waals surface area contributed by atoms with Crippen LogP contribution in [-0.4, -0.2) is 12.6 Å². The lowest BCUT2D eigenvalue weighted by Gasteiger charge is -2.24. The molecule has 0 amide bonds. The molecular weight excluding hydrogens is 253 g/mol. The number of nitrogens with one attached hydrogen (secondary N) is 1. The largest absolute Gasteiger partial charge is 0.487 e. The van der Waals surface area contributed by atoms with Gasteiger partial charge in [0.1, 0.15) is 0 Å². The Bertz CT molecular complexity index is 413. The van der Waals surface area contributed by atoms with Crippen LogP contribution in [0.5, 0.6) is 5.75 Å². The van der Waals surface area contributed by atoms with Gasteiger partial charge in [0.05, 0.1) is 6.10 Å². The second-order valence-electron chi connectivity index (χ2n) is 6.13. The highest BCUT2D eigenvalue weighted by Gasteiger charge is 2.18. The number of halogens is 1. The van der Waals surface area contributed by atoms with E-state index >= 15 is 0 Å². The molecule has 0 aromatic heterocycles. The Balaban J connectivity index is 2.01. The summed E-state index contributed by atoms with van der Waals surface area (Å²) < 4.78 is 20.0. The third-order valence-electron chi connectivity index (χ3n) is 3.75. The highest BCUT2D eigenvalue weighted by Crippen LogP contribution is 2.28. The smallest absolute Gasteiger partial charge is 0.165 e. The third kappa shape index (κ3) is 4.48. The first-order chi connectivity index (χ1) is 9.66. The zero-order chi connectivity index (χ0) is 14.4. The molecule has 0 atom stereocenters. The SMILES string of the molecule is CC(C)CNCc1cccc(F)c1OC1CCCCC1. The summed E-state index contributed by atoms with van der Waals surface area (Å²) in [7, 11) is 0. The van der Waals surface area contributed by atoms with Crippen LogP contribution in [-0.2, 0) is 6.54 Å². The van der Waals surface area contributed by atoms with Crippen molar-refractivity contribution in [2.45, 2.75) is 58.6 Å². The van der Waals surface area contributed by atoms with Crippen molar-refractivity contribution >= 4 is 0 Å². The van der Waals surface area contributed by atoms with Crippen molar-refractivity contribution in [2.75, 3.05) is 6.54 Å². The van der Waals surface area contributed by atoms with Crippen molar-refractivity contribution in [1.29, 1.82) is 0 Å². The van der Waals surface area contributed by atoms with Gasteiger partial charge in [-0.1, -0.05) is 32.4 Å². The molecule has 112 valence electrons. The Morgan fingerprint density at radius 3 is 2.70 bits per heavy atom. The van der Waals surface area contributed by atoms with E-state index < -0.39 is 0 Å². The molecule has 0 radical (unpaired) electrons. The van der Waals surface area contributed by atoms with Crippen molar-refractivity contribution in [3.63, 3.8) is 0 Å². The normalized spacial score (nSPS) is 16.6. The first-order valence-corrected chi connectivity index (χ1v) is 7.81. The number of benzene rings is 1. The fourth-order valence-corrected chi connectivity index (χ4v) is 2.67. The fraction of sp³-hybridized carbons (Fsp3) is 0.647. The zero-order valence-electron chi connectivity index (χ0n) is 12.6. The first-order valence-electron chi connectivity index (χ1n) is 7.81. The summed E-state index contributed by atoms with van der Waals surface area (Å²) in [4.78, 5) is 0. The zero-order valence-corrected chi connectivity index (χ0v) is 12.6. The average molecular weight is 279 g/mol. The average Bonchev–Trinajstić information content (AvgIpc) is 2.43. The Morgan fingerprint density at radius 1 is 1.25 bits per heavy atom. The van der Waals surface area contributed by atoms with Gasteiger partial charge in [0, 0.05) is 12.1 Å². The van der Waals surface area contributed by atoms with E-state index in [2.05, 4.69) is 19.2 Å². The molecule has 1 saturated carbocycles. The molecule has 2 rings (SSSR count). The van der Waals surface area contributed by atoms with Gasteiger partial charge in [-0.25, -0.2) is 4.39 Å². The predicted octanol–water partition coefficient (Wildman–Crippen LogP) is 4.28. The molecule has 1 aromatic rings.